The van der Waals surface area contributed by atoms with Crippen molar-refractivity contribution in [1.29, 1.82) is 0 Å². The van der Waals surface area contributed by atoms with Gasteiger partial charge in [0, 0.05) is 19.3 Å². The molecule has 600 valence electrons. The minimum atomic E-state index is -5.24. The van der Waals surface area contributed by atoms with E-state index >= 15 is 0 Å². The number of hydrogen-bond donors (Lipinski definition) is 0. The zero-order chi connectivity index (χ0) is 80.6. The molecule has 0 saturated heterocycles. The largest absolute Gasteiger partial charge is 0.402 e. The van der Waals surface area contributed by atoms with Crippen LogP contribution in [0.15, 0.2) is 0 Å². The number of alkyl halides is 24. The first kappa shape index (κ1) is 121. The van der Waals surface area contributed by atoms with Gasteiger partial charge in [0.15, 0.2) is 11.3 Å². The van der Waals surface area contributed by atoms with Crippen molar-refractivity contribution in [2.75, 3.05) is 0 Å². The third kappa shape index (κ3) is 119. The molecule has 0 heterocycles. The lowest BCUT2D eigenvalue weighted by molar-refractivity contribution is -0.327. The molecule has 0 saturated carbocycles. The maximum Gasteiger partial charge on any atom is 0.402 e. The molecule has 0 unspecified atom stereocenters. The lowest BCUT2D eigenvalue weighted by Gasteiger charge is -2.29. The van der Waals surface area contributed by atoms with Crippen LogP contribution in [0, 0.1) is 63.1 Å². The van der Waals surface area contributed by atoms with Gasteiger partial charge in [-0.05, 0) is 85.9 Å². The number of hydrogen-bond acceptors (Lipinski definition) is 0. The lowest BCUT2D eigenvalue weighted by atomic mass is 9.92. The highest BCUT2D eigenvalue weighted by Gasteiger charge is 2.64. The molecule has 96 heavy (non-hydrogen) atoms. The topological polar surface area (TPSA) is 0 Å². The van der Waals surface area contributed by atoms with Gasteiger partial charge >= 0.3 is 49.4 Å². The molecule has 0 fully saturated rings. The third-order valence-corrected chi connectivity index (χ3v) is 13.9. The second kappa shape index (κ2) is 61.9. The molecule has 0 aliphatic rings. The molecule has 0 rings (SSSR count). The predicted octanol–water partition coefficient (Wildman–Crippen LogP) is 33.8. The van der Waals surface area contributed by atoms with Crippen LogP contribution in [-0.4, -0.2) is 49.4 Å². The first-order chi connectivity index (χ1) is 42.1. The van der Waals surface area contributed by atoms with Crippen LogP contribution < -0.4 is 0 Å². The molecule has 24 heteroatoms. The fourth-order valence-corrected chi connectivity index (χ4v) is 4.22. The van der Waals surface area contributed by atoms with Gasteiger partial charge in [-0.1, -0.05) is 297 Å². The Kier molecular flexibility index (Phi) is 78.2. The summed E-state index contributed by atoms with van der Waals surface area (Å²) in [5.74, 6) is 1.41. The Labute approximate surface area is 572 Å². The van der Waals surface area contributed by atoms with Crippen LogP contribution in [-0.2, 0) is 0 Å². The van der Waals surface area contributed by atoms with Gasteiger partial charge in [0.05, 0.1) is 5.41 Å². The number of rotatable bonds is 19. The van der Waals surface area contributed by atoms with Crippen LogP contribution in [0.25, 0.3) is 0 Å². The van der Waals surface area contributed by atoms with E-state index in [1.54, 1.807) is 13.8 Å². The summed E-state index contributed by atoms with van der Waals surface area (Å²) in [6.07, 6.45) is -22.7. The zero-order valence-corrected chi connectivity index (χ0v) is 65.7. The van der Waals surface area contributed by atoms with Crippen molar-refractivity contribution in [1.82, 2.24) is 0 Å². The van der Waals surface area contributed by atoms with Gasteiger partial charge in [0.1, 0.15) is 0 Å². The first-order valence-electron chi connectivity index (χ1n) is 34.6. The Bertz CT molecular complexity index is 1470. The number of unbranched alkanes of at least 4 members (excludes halogenated alkanes) is 6. The van der Waals surface area contributed by atoms with E-state index < -0.39 is 91.8 Å². The van der Waals surface area contributed by atoms with Crippen molar-refractivity contribution in [3.63, 3.8) is 0 Å². The molecule has 0 spiro atoms. The van der Waals surface area contributed by atoms with Gasteiger partial charge in [-0.2, -0.15) is 105 Å². The quantitative estimate of drug-likeness (QED) is 0.0893. The second-order valence-electron chi connectivity index (χ2n) is 29.8. The van der Waals surface area contributed by atoms with E-state index in [0.29, 0.717) is 23.7 Å². The van der Waals surface area contributed by atoms with Gasteiger partial charge < -0.3 is 0 Å². The van der Waals surface area contributed by atoms with Crippen LogP contribution in [0.3, 0.4) is 0 Å². The van der Waals surface area contributed by atoms with Crippen LogP contribution >= 0.6 is 0 Å². The summed E-state index contributed by atoms with van der Waals surface area (Å²) in [5, 5.41) is 0. The molecule has 0 N–H and O–H groups in total. The van der Waals surface area contributed by atoms with Crippen molar-refractivity contribution in [2.24, 2.45) is 63.1 Å². The summed E-state index contributed by atoms with van der Waals surface area (Å²) in [4.78, 5) is 0. The smallest absolute Gasteiger partial charge is 0.171 e. The Balaban J connectivity index is -0.0000000808. The Morgan fingerprint density at radius 3 is 0.594 bits per heavy atom. The monoisotopic (exact) mass is 1470 g/mol. The van der Waals surface area contributed by atoms with Gasteiger partial charge in [0.25, 0.3) is 0 Å². The normalized spacial score (nSPS) is 12.4. The first-order valence-corrected chi connectivity index (χ1v) is 34.6. The Hall–Kier alpha value is -1.68. The minimum Gasteiger partial charge on any atom is -0.171 e. The maximum absolute atomic E-state index is 11.7. The van der Waals surface area contributed by atoms with Crippen LogP contribution in [0.5, 0.6) is 0 Å². The highest BCUT2D eigenvalue weighted by molar-refractivity contribution is 4.84. The summed E-state index contributed by atoms with van der Waals surface area (Å²) in [7, 11) is 0. The summed E-state index contributed by atoms with van der Waals surface area (Å²) < 4.78 is 277. The standard InChI is InChI=1S/C7H13F3.C7H16.C6H8F6.2C6H11F3.5C6H14.C5H6F6.C5H9F3/c1-2-3-4-5-6-7(8,9)10;1-4-5-6-7(2)3;1-2-3-4(5(7,8)9)6(10,11)12;1-5(2)3-4-6(7,8)9;1-2-3-4-5-6(7,8)9;2*1-5-6(2,3)4;1-5(2)6(3)4;1-4-5-6(2)3;1-4-6(3)5-2;1-3(2,4(6,7)8)5(9,10)11;1-4(2,3)5(6,7)8/h2-6H2,1H3;7H,4-6H2,1-3H3;4H,2-3H2,1H3;5H,3-4H2,1-2H3;2-5H2,1H3;2*5H2,1-4H3;5-6H,1-4H3;2*6H,4-5H2,1-3H3;1-2H3;1-3H3. The maximum atomic E-state index is 11.7. The molecule has 0 amide bonds. The lowest BCUT2D eigenvalue weighted by Crippen LogP contribution is -2.44. The van der Waals surface area contributed by atoms with E-state index in [1.807, 2.05) is 13.8 Å². The van der Waals surface area contributed by atoms with Gasteiger partial charge in [0.2, 0.25) is 0 Å². The van der Waals surface area contributed by atoms with Crippen LogP contribution in [0.2, 0.25) is 0 Å². The fraction of sp³-hybridized carbons (Fsp3) is 1.00. The van der Waals surface area contributed by atoms with Crippen LogP contribution in [0.4, 0.5) is 105 Å². The number of halogens is 24. The average Bonchev–Trinajstić information content (AvgIpc) is 0.801. The summed E-state index contributed by atoms with van der Waals surface area (Å²) in [6.45, 7) is 59.5. The molecule has 0 aromatic rings. The summed E-state index contributed by atoms with van der Waals surface area (Å²) >= 11 is 0. The highest BCUT2D eigenvalue weighted by Crippen LogP contribution is 2.49. The van der Waals surface area contributed by atoms with E-state index in [-0.39, 0.29) is 45.4 Å². The fourth-order valence-electron chi connectivity index (χ4n) is 4.22. The van der Waals surface area contributed by atoms with Crippen LogP contribution in [0.1, 0.15) is 356 Å². The molecule has 0 aromatic carbocycles. The van der Waals surface area contributed by atoms with Crippen molar-refractivity contribution < 1.29 is 105 Å². The molecule has 0 nitrogen and oxygen atoms in total. The molecule has 0 atom stereocenters. The molecule has 0 aromatic heterocycles. The Morgan fingerprint density at radius 2 is 0.500 bits per heavy atom. The summed E-state index contributed by atoms with van der Waals surface area (Å²) in [5.41, 5.74) is -4.10. The van der Waals surface area contributed by atoms with Gasteiger partial charge in [-0.25, -0.2) is 0 Å². The second-order valence-corrected chi connectivity index (χ2v) is 29.8. The molecule has 0 bridgehead atoms. The molecule has 0 aliphatic heterocycles. The average molecular weight is 1470 g/mol. The van der Waals surface area contributed by atoms with Crippen molar-refractivity contribution >= 4 is 0 Å². The van der Waals surface area contributed by atoms with E-state index in [9.17, 15) is 105 Å². The molecule has 0 radical (unpaired) electrons. The van der Waals surface area contributed by atoms with Crippen molar-refractivity contribution in [3.05, 3.63) is 0 Å². The van der Waals surface area contributed by atoms with E-state index in [0.717, 1.165) is 69.6 Å². The van der Waals surface area contributed by atoms with Gasteiger partial charge in [-0.15, -0.1) is 0 Å². The predicted molar refractivity (Wildman–Crippen MR) is 360 cm³/mol. The third-order valence-electron chi connectivity index (χ3n) is 13.9. The highest BCUT2D eigenvalue weighted by atomic mass is 19.4. The van der Waals surface area contributed by atoms with Crippen molar-refractivity contribution in [2.45, 2.75) is 405 Å². The van der Waals surface area contributed by atoms with E-state index in [1.165, 1.54) is 64.7 Å². The SMILES string of the molecule is CC(C)(C(F)(F)F)C(F)(F)F.CC(C)(C)C(F)(F)F.CC(C)C(C)C.CC(C)CCC(F)(F)F.CCC(C)(C)C.CCC(C)(C)C.CCC(C)CC.CCCC(C(F)(F)F)C(F)(F)F.CCCC(C)C.CCCCC(C)C.CCCCCC(F)(F)F.CCCCCCC(F)(F)F. The van der Waals surface area contributed by atoms with Gasteiger partial charge in [-0.3, -0.25) is 0 Å². The minimum absolute atomic E-state index is 0.104. The van der Waals surface area contributed by atoms with E-state index in [4.69, 9.17) is 0 Å². The summed E-state index contributed by atoms with van der Waals surface area (Å²) in [6, 6.07) is 0. The Morgan fingerprint density at radius 1 is 0.260 bits per heavy atom. The molecule has 0 aliphatic carbocycles. The molecular formula is C72H144F24. The zero-order valence-electron chi connectivity index (χ0n) is 65.7. The molecular weight excluding hydrogens is 1320 g/mol. The van der Waals surface area contributed by atoms with E-state index in [2.05, 4.69) is 145 Å². The van der Waals surface area contributed by atoms with Crippen molar-refractivity contribution in [3.8, 4) is 0 Å².